The first kappa shape index (κ1) is 41.2. The molecule has 0 fully saturated rings. The fourth-order valence-electron chi connectivity index (χ4n) is 13.7. The average Bonchev–Trinajstić information content (AvgIpc) is 4.24. The monoisotopic (exact) mass is 938 g/mol. The summed E-state index contributed by atoms with van der Waals surface area (Å²) in [6, 6.07) is 97.7. The molecule has 2 aliphatic carbocycles. The molecule has 14 aromatic rings. The van der Waals surface area contributed by atoms with E-state index in [1.54, 1.807) is 0 Å². The first-order valence-corrected chi connectivity index (χ1v) is 25.8. The summed E-state index contributed by atoms with van der Waals surface area (Å²) in [5, 5.41) is 8.82. The third-order valence-electron chi connectivity index (χ3n) is 16.7. The van der Waals surface area contributed by atoms with E-state index in [2.05, 4.69) is 277 Å². The van der Waals surface area contributed by atoms with Crippen LogP contribution in [-0.2, 0) is 5.41 Å². The van der Waals surface area contributed by atoms with Gasteiger partial charge in [-0.25, -0.2) is 0 Å². The molecule has 0 unspecified atom stereocenters. The van der Waals surface area contributed by atoms with Crippen LogP contribution in [0.5, 0.6) is 0 Å². The predicted molar refractivity (Wildman–Crippen MR) is 310 cm³/mol. The second-order valence-electron chi connectivity index (χ2n) is 20.3. The summed E-state index contributed by atoms with van der Waals surface area (Å²) >= 11 is 0. The molecular formula is C72H46N2. The normalized spacial score (nSPS) is 13.0. The minimum Gasteiger partial charge on any atom is -0.309 e. The smallest absolute Gasteiger partial charge is 0.0725 e. The Morgan fingerprint density at radius 2 is 0.811 bits per heavy atom. The molecule has 0 amide bonds. The molecule has 1 spiro atoms. The van der Waals surface area contributed by atoms with Crippen molar-refractivity contribution in [2.24, 2.45) is 0 Å². The van der Waals surface area contributed by atoms with Crippen molar-refractivity contribution >= 4 is 54.3 Å². The van der Waals surface area contributed by atoms with E-state index >= 15 is 0 Å². The van der Waals surface area contributed by atoms with Gasteiger partial charge < -0.3 is 9.13 Å². The topological polar surface area (TPSA) is 9.86 Å². The molecule has 0 radical (unpaired) electrons. The van der Waals surface area contributed by atoms with Gasteiger partial charge >= 0.3 is 0 Å². The Bertz CT molecular complexity index is 4560. The van der Waals surface area contributed by atoms with Crippen molar-refractivity contribution in [3.63, 3.8) is 0 Å². The molecular weight excluding hydrogens is 893 g/mol. The van der Waals surface area contributed by atoms with Gasteiger partial charge in [0.05, 0.1) is 27.7 Å². The number of aromatic nitrogens is 2. The molecule has 0 saturated heterocycles. The van der Waals surface area contributed by atoms with Crippen molar-refractivity contribution in [2.45, 2.75) is 12.3 Å². The highest BCUT2D eigenvalue weighted by Crippen LogP contribution is 2.64. The number of hydrogen-bond donors (Lipinski definition) is 0. The third kappa shape index (κ3) is 5.54. The van der Waals surface area contributed by atoms with Crippen LogP contribution in [0.15, 0.2) is 261 Å². The summed E-state index contributed by atoms with van der Waals surface area (Å²) in [7, 11) is 0. The summed E-state index contributed by atoms with van der Waals surface area (Å²) in [5.41, 5.74) is 24.6. The quantitative estimate of drug-likeness (QED) is 0.152. The fourth-order valence-corrected chi connectivity index (χ4v) is 13.7. The van der Waals surface area contributed by atoms with Gasteiger partial charge in [-0.3, -0.25) is 0 Å². The van der Waals surface area contributed by atoms with Crippen LogP contribution in [0.25, 0.3) is 121 Å². The van der Waals surface area contributed by atoms with Crippen LogP contribution < -0.4 is 0 Å². The highest BCUT2D eigenvalue weighted by atomic mass is 15.0. The van der Waals surface area contributed by atoms with Crippen LogP contribution in [0.4, 0.5) is 0 Å². The van der Waals surface area contributed by atoms with Gasteiger partial charge in [-0.15, -0.1) is 0 Å². The van der Waals surface area contributed by atoms with Gasteiger partial charge in [-0.2, -0.15) is 0 Å². The van der Waals surface area contributed by atoms with Gasteiger partial charge in [-0.05, 0) is 161 Å². The number of benzene rings is 12. The van der Waals surface area contributed by atoms with Gasteiger partial charge in [0, 0.05) is 27.5 Å². The van der Waals surface area contributed by atoms with Crippen LogP contribution in [-0.4, -0.2) is 9.13 Å². The highest BCUT2D eigenvalue weighted by molar-refractivity contribution is 6.22. The molecule has 2 heteroatoms. The first-order chi connectivity index (χ1) is 36.6. The van der Waals surface area contributed by atoms with E-state index in [0.717, 1.165) is 22.5 Å². The predicted octanol–water partition coefficient (Wildman–Crippen LogP) is 18.7. The van der Waals surface area contributed by atoms with Crippen molar-refractivity contribution in [3.05, 3.63) is 289 Å². The van der Waals surface area contributed by atoms with Crippen LogP contribution in [0.3, 0.4) is 0 Å². The van der Waals surface area contributed by atoms with Gasteiger partial charge in [0.15, 0.2) is 0 Å². The minimum absolute atomic E-state index is 0.436. The average molecular weight is 939 g/mol. The molecule has 2 aromatic heterocycles. The number of aryl methyl sites for hydroxylation is 1. The fraction of sp³-hybridized carbons (Fsp3) is 0.0278. The zero-order valence-electron chi connectivity index (χ0n) is 40.7. The van der Waals surface area contributed by atoms with E-state index in [4.69, 9.17) is 0 Å². The molecule has 0 N–H and O–H groups in total. The lowest BCUT2D eigenvalue weighted by molar-refractivity contribution is 0.794. The zero-order valence-corrected chi connectivity index (χ0v) is 40.7. The van der Waals surface area contributed by atoms with E-state index in [-0.39, 0.29) is 0 Å². The Balaban J connectivity index is 0.961. The van der Waals surface area contributed by atoms with Crippen LogP contribution >= 0.6 is 0 Å². The van der Waals surface area contributed by atoms with Crippen molar-refractivity contribution < 1.29 is 0 Å². The second-order valence-corrected chi connectivity index (χ2v) is 20.3. The van der Waals surface area contributed by atoms with E-state index in [1.165, 1.54) is 127 Å². The second kappa shape index (κ2) is 15.5. The molecule has 344 valence electrons. The van der Waals surface area contributed by atoms with Gasteiger partial charge in [0.2, 0.25) is 0 Å². The van der Waals surface area contributed by atoms with Crippen molar-refractivity contribution in [1.82, 2.24) is 9.13 Å². The molecule has 2 heterocycles. The van der Waals surface area contributed by atoms with Crippen LogP contribution in [0, 0.1) is 6.92 Å². The molecule has 0 bridgehead atoms. The lowest BCUT2D eigenvalue weighted by Crippen LogP contribution is -2.25. The number of para-hydroxylation sites is 4. The van der Waals surface area contributed by atoms with Gasteiger partial charge in [0.25, 0.3) is 0 Å². The lowest BCUT2D eigenvalue weighted by atomic mass is 9.70. The molecule has 16 rings (SSSR count). The molecule has 2 nitrogen and oxygen atoms in total. The lowest BCUT2D eigenvalue weighted by Gasteiger charge is -2.30. The molecule has 0 saturated carbocycles. The summed E-state index contributed by atoms with van der Waals surface area (Å²) in [5.74, 6) is 0. The van der Waals surface area contributed by atoms with Crippen molar-refractivity contribution in [2.75, 3.05) is 0 Å². The molecule has 74 heavy (non-hydrogen) atoms. The molecule has 12 aromatic carbocycles. The summed E-state index contributed by atoms with van der Waals surface area (Å²) in [4.78, 5) is 0. The van der Waals surface area contributed by atoms with Crippen LogP contribution in [0.2, 0.25) is 0 Å². The maximum Gasteiger partial charge on any atom is 0.0725 e. The third-order valence-corrected chi connectivity index (χ3v) is 16.7. The standard InChI is InChI=1S/C72H46N2/c1-45-53-22-10-16-32-66(53)74(51-20-3-2-4-21-51)71(45)47-37-35-46(36-38-47)49-41-50(43-52(42-49)73-67-33-17-11-26-57(67)58-27-12-18-34-68(58)73)61-44-48-19-5-6-23-54(48)69-59(61)39-40-65-70(69)60-28-9-15-31-64(60)72(65)62-29-13-7-24-55(62)56-25-8-14-30-63(56)72/h2-44H,1H3. The molecule has 2 aliphatic rings. The van der Waals surface area contributed by atoms with Gasteiger partial charge in [0.1, 0.15) is 0 Å². The largest absolute Gasteiger partial charge is 0.309 e. The number of nitrogens with zero attached hydrogens (tertiary/aromatic N) is 2. The summed E-state index contributed by atoms with van der Waals surface area (Å²) in [6.45, 7) is 2.26. The zero-order chi connectivity index (χ0) is 48.6. The number of rotatable bonds is 5. The Morgan fingerprint density at radius 3 is 1.49 bits per heavy atom. The molecule has 0 atom stereocenters. The van der Waals surface area contributed by atoms with E-state index in [9.17, 15) is 0 Å². The molecule has 0 aliphatic heterocycles. The number of fused-ring (bicyclic) bond motifs is 18. The maximum absolute atomic E-state index is 2.48. The maximum atomic E-state index is 2.48. The summed E-state index contributed by atoms with van der Waals surface area (Å²) in [6.07, 6.45) is 0. The Hall–Kier alpha value is -9.50. The minimum atomic E-state index is -0.436. The van der Waals surface area contributed by atoms with E-state index in [1.807, 2.05) is 0 Å². The van der Waals surface area contributed by atoms with E-state index < -0.39 is 5.41 Å². The Labute approximate surface area is 429 Å². The van der Waals surface area contributed by atoms with Crippen molar-refractivity contribution in [1.29, 1.82) is 0 Å². The van der Waals surface area contributed by atoms with Gasteiger partial charge in [-0.1, -0.05) is 206 Å². The van der Waals surface area contributed by atoms with Crippen molar-refractivity contribution in [3.8, 4) is 67.1 Å². The number of hydrogen-bond acceptors (Lipinski definition) is 0. The summed E-state index contributed by atoms with van der Waals surface area (Å²) < 4.78 is 4.90. The Morgan fingerprint density at radius 1 is 0.297 bits per heavy atom. The first-order valence-electron chi connectivity index (χ1n) is 25.8. The highest BCUT2D eigenvalue weighted by Gasteiger charge is 2.52. The van der Waals surface area contributed by atoms with Crippen LogP contribution in [0.1, 0.15) is 27.8 Å². The SMILES string of the molecule is Cc1c(-c2ccc(-c3cc(-c4cc5ccccc5c5c6c(ccc45)C4(c5ccccc5-c5ccccc54)c4ccccc4-6)cc(-n4c5ccccc5c5ccccc54)c3)cc2)n(-c2ccccc2)c2ccccc12. The Kier molecular flexibility index (Phi) is 8.62. The van der Waals surface area contributed by atoms with E-state index in [0.29, 0.717) is 0 Å².